The van der Waals surface area contributed by atoms with E-state index in [2.05, 4.69) is 35.9 Å². The number of ketones is 2. The number of carbonyl (C=O) groups excluding carboxylic acids is 6. The minimum absolute atomic E-state index is 0.0124. The molecule has 28 heteroatoms. The van der Waals surface area contributed by atoms with Gasteiger partial charge in [-0.05, 0) is 55.3 Å². The molecule has 2 fully saturated rings. The van der Waals surface area contributed by atoms with Crippen molar-refractivity contribution in [1.82, 2.24) is 40.4 Å². The fraction of sp³-hybridized carbons (Fsp3) is 0.348. The maximum absolute atomic E-state index is 13.7. The fourth-order valence-corrected chi connectivity index (χ4v) is 11.3. The van der Waals surface area contributed by atoms with Crippen LogP contribution in [0.1, 0.15) is 41.4 Å². The number of carboxylic acid groups (broad SMARTS) is 2. The summed E-state index contributed by atoms with van der Waals surface area (Å²) in [7, 11) is 5.00. The van der Waals surface area contributed by atoms with E-state index in [0.717, 1.165) is 10.8 Å². The number of nitrogen functional groups attached to an aromatic ring is 1. The van der Waals surface area contributed by atoms with Crippen LogP contribution in [0.3, 0.4) is 0 Å². The summed E-state index contributed by atoms with van der Waals surface area (Å²) in [6.45, 7) is 1.22. The Hall–Kier alpha value is -8.24. The molecule has 2 aromatic carbocycles. The lowest BCUT2D eigenvalue weighted by molar-refractivity contribution is -0.144. The van der Waals surface area contributed by atoms with Gasteiger partial charge in [-0.3, -0.25) is 33.9 Å². The van der Waals surface area contributed by atoms with Crippen LogP contribution < -0.4 is 33.0 Å². The van der Waals surface area contributed by atoms with Crippen molar-refractivity contribution in [2.75, 3.05) is 44.2 Å². The molecule has 0 saturated carbocycles. The van der Waals surface area contributed by atoms with Crippen molar-refractivity contribution in [3.8, 4) is 0 Å². The number of Topliss-reactive ketones (excluding diaryl/α,β-unsaturated/α-hetero) is 2. The van der Waals surface area contributed by atoms with Crippen LogP contribution in [0.4, 0.5) is 21.2 Å². The Labute approximate surface area is 426 Å². The van der Waals surface area contributed by atoms with Gasteiger partial charge in [0.15, 0.2) is 22.6 Å². The Morgan fingerprint density at radius 2 is 1.66 bits per heavy atom. The van der Waals surface area contributed by atoms with E-state index >= 15 is 0 Å². The van der Waals surface area contributed by atoms with E-state index in [0.29, 0.717) is 21.8 Å². The lowest BCUT2D eigenvalue weighted by Gasteiger charge is -2.40. The van der Waals surface area contributed by atoms with Crippen LogP contribution in [0, 0.1) is 5.92 Å². The number of rotatable bonds is 21. The number of carboxylic acids is 2. The molecule has 10 N–H and O–H groups in total. The average Bonchev–Trinajstić information content (AvgIpc) is 3.88. The van der Waals surface area contributed by atoms with Crippen LogP contribution in [0.2, 0.25) is 0 Å². The van der Waals surface area contributed by atoms with Gasteiger partial charge in [-0.1, -0.05) is 33.7 Å². The van der Waals surface area contributed by atoms with E-state index < -0.39 is 102 Å². The summed E-state index contributed by atoms with van der Waals surface area (Å²) in [6.07, 6.45) is -1.11. The van der Waals surface area contributed by atoms with Crippen LogP contribution in [0.15, 0.2) is 87.0 Å². The van der Waals surface area contributed by atoms with Crippen molar-refractivity contribution < 1.29 is 67.5 Å². The molecule has 6 atom stereocenters. The van der Waals surface area contributed by atoms with E-state index in [1.807, 2.05) is 0 Å². The number of allylic oxidation sites excluding steroid dienone is 2. The molecule has 8 rings (SSSR count). The number of amides is 4. The molecule has 4 aromatic rings. The number of nitrogens with zero attached hydrogens (tertiary/aromatic N) is 5. The van der Waals surface area contributed by atoms with E-state index in [-0.39, 0.29) is 77.1 Å². The van der Waals surface area contributed by atoms with Gasteiger partial charge in [0.1, 0.15) is 31.3 Å². The van der Waals surface area contributed by atoms with E-state index in [1.165, 1.54) is 55.2 Å². The molecule has 3 aliphatic heterocycles. The quantitative estimate of drug-likeness (QED) is 0.0331. The van der Waals surface area contributed by atoms with Crippen molar-refractivity contribution in [3.63, 3.8) is 0 Å². The molecular weight excluding hydrogens is 1010 g/mol. The molecule has 1 aliphatic carbocycles. The number of benzene rings is 2. The number of primary amides is 1. The fourth-order valence-electron chi connectivity index (χ4n) is 9.16. The molecule has 5 heterocycles. The van der Waals surface area contributed by atoms with Crippen molar-refractivity contribution in [3.05, 3.63) is 105 Å². The predicted octanol–water partition coefficient (Wildman–Crippen LogP) is 1.28. The molecule has 4 aliphatic rings. The lowest BCUT2D eigenvalue weighted by atomic mass is 9.83. The average molecular weight is 1060 g/mol. The van der Waals surface area contributed by atoms with Gasteiger partial charge in [0, 0.05) is 53.1 Å². The number of nitrogens with one attached hydrogen (secondary N) is 4. The minimum atomic E-state index is -1.47. The Morgan fingerprint density at radius 1 is 0.946 bits per heavy atom. The maximum atomic E-state index is 13.7. The van der Waals surface area contributed by atoms with Gasteiger partial charge >= 0.3 is 24.1 Å². The predicted molar refractivity (Wildman–Crippen MR) is 260 cm³/mol. The second kappa shape index (κ2) is 21.5. The van der Waals surface area contributed by atoms with Crippen molar-refractivity contribution in [2.24, 2.45) is 11.7 Å². The number of fused-ring (bicyclic) bond motifs is 5. The van der Waals surface area contributed by atoms with Gasteiger partial charge in [0.05, 0.1) is 43.2 Å². The van der Waals surface area contributed by atoms with Crippen LogP contribution in [0.25, 0.3) is 11.2 Å². The SMILES string of the molecule is COC1=C(C)C(=O)C2=C(C1=O)[C@@H](COC(N)=O)[C@@]1(OC)[C@@H]3C(CN21)N3C(=O)OCc1ccc(SSC[C@H](NC(=O)CC[C@H](NC(=O)c2ccc(NCc3cnc4nc(N)[nH]c(=O)c4n3)cc2)C(=O)O)C(=O)O)cc1. The second-order valence-electron chi connectivity index (χ2n) is 17.1. The molecule has 388 valence electrons. The highest BCUT2D eigenvalue weighted by Gasteiger charge is 2.78. The van der Waals surface area contributed by atoms with Gasteiger partial charge in [0.2, 0.25) is 23.4 Å². The smallest absolute Gasteiger partial charge is 0.410 e. The number of H-pyrrole nitrogens is 1. The number of aromatic nitrogens is 4. The molecule has 2 aromatic heterocycles. The Morgan fingerprint density at radius 3 is 2.32 bits per heavy atom. The Balaban J connectivity index is 0.771. The molecule has 0 spiro atoms. The number of anilines is 2. The summed E-state index contributed by atoms with van der Waals surface area (Å²) < 4.78 is 22.1. The Kier molecular flexibility index (Phi) is 15.1. The third-order valence-electron chi connectivity index (χ3n) is 12.7. The van der Waals surface area contributed by atoms with E-state index in [1.54, 1.807) is 41.3 Å². The number of aliphatic carboxylic acids is 2. The number of nitrogens with two attached hydrogens (primary N) is 2. The number of carbonyl (C=O) groups is 8. The van der Waals surface area contributed by atoms with Gasteiger partial charge in [0.25, 0.3) is 11.5 Å². The monoisotopic (exact) mass is 1060 g/mol. The van der Waals surface area contributed by atoms with Crippen LogP contribution in [0.5, 0.6) is 0 Å². The summed E-state index contributed by atoms with van der Waals surface area (Å²) in [6, 6.07) is 8.95. The maximum Gasteiger partial charge on any atom is 0.410 e. The first-order valence-corrected chi connectivity index (χ1v) is 24.8. The summed E-state index contributed by atoms with van der Waals surface area (Å²) in [5, 5.41) is 27.5. The molecule has 26 nitrogen and oxygen atoms in total. The first-order chi connectivity index (χ1) is 35.4. The van der Waals surface area contributed by atoms with E-state index in [4.69, 9.17) is 30.4 Å². The molecule has 0 bridgehead atoms. The van der Waals surface area contributed by atoms with Gasteiger partial charge in [-0.15, -0.1) is 0 Å². The highest BCUT2D eigenvalue weighted by Crippen LogP contribution is 2.60. The van der Waals surface area contributed by atoms with Gasteiger partial charge < -0.3 is 61.5 Å². The zero-order valence-electron chi connectivity index (χ0n) is 39.4. The van der Waals surface area contributed by atoms with E-state index in [9.17, 15) is 53.4 Å². The van der Waals surface area contributed by atoms with Crippen molar-refractivity contribution in [1.29, 1.82) is 0 Å². The van der Waals surface area contributed by atoms with Crippen LogP contribution >= 0.6 is 21.6 Å². The third-order valence-corrected chi connectivity index (χ3v) is 15.1. The van der Waals surface area contributed by atoms with Crippen molar-refractivity contribution >= 4 is 91.9 Å². The molecule has 1 unspecified atom stereocenters. The highest BCUT2D eigenvalue weighted by molar-refractivity contribution is 8.76. The van der Waals surface area contributed by atoms with Gasteiger partial charge in [-0.2, -0.15) is 4.98 Å². The largest absolute Gasteiger partial charge is 0.492 e. The topological polar surface area (TPSA) is 380 Å². The third kappa shape index (κ3) is 10.4. The van der Waals surface area contributed by atoms with Crippen molar-refractivity contribution in [2.45, 2.75) is 67.7 Å². The summed E-state index contributed by atoms with van der Waals surface area (Å²) in [5.41, 5.74) is 10.9. The zero-order valence-corrected chi connectivity index (χ0v) is 41.1. The lowest BCUT2D eigenvalue weighted by Crippen LogP contribution is -2.56. The standard InChI is InChI=1S/C46H47N11O15S2/c1-20-34(59)33-31(35(60)36(20)69-2)26(18-71-44(48)67)46(70-3)37-29(16-56(33)46)57(37)45(68)72-17-21-4-10-25(11-5-21)74-73-19-28(42(65)66)52-30(58)13-12-27(41(63)64)53-39(61)22-6-8-23(9-7-22)49-14-24-15-50-38-32(51-24)40(62)55-43(47)54-38/h4-11,15,26-29,37,49H,12-14,16-19H2,1-3H3,(H2,48,67)(H,52,58)(H,53,61)(H,63,64)(H,65,66)(H3,47,50,54,55,62)/t26-,27+,28+,29?,37+,46-,57?/m1/s1. The number of hydrogen-bond donors (Lipinski definition) is 8. The zero-order chi connectivity index (χ0) is 53.2. The van der Waals surface area contributed by atoms with Crippen LogP contribution in [-0.2, 0) is 56.1 Å². The normalized spacial score (nSPS) is 20.3. The number of ether oxygens (including phenoxy) is 4. The molecular formula is C46H47N11O15S2. The Bertz CT molecular complexity index is 3100. The first kappa shape index (κ1) is 52.1. The summed E-state index contributed by atoms with van der Waals surface area (Å²) in [5.74, 6) is -6.52. The molecule has 2 saturated heterocycles. The number of aromatic amines is 1. The molecule has 0 radical (unpaired) electrons. The summed E-state index contributed by atoms with van der Waals surface area (Å²) in [4.78, 5) is 133. The summed E-state index contributed by atoms with van der Waals surface area (Å²) >= 11 is 0. The second-order valence-corrected chi connectivity index (χ2v) is 19.5. The molecule has 4 amide bonds. The highest BCUT2D eigenvalue weighted by atomic mass is 33.1. The number of piperazine rings is 1. The van der Waals surface area contributed by atoms with Gasteiger partial charge in [-0.25, -0.2) is 29.1 Å². The molecule has 74 heavy (non-hydrogen) atoms. The number of methoxy groups -OCH3 is 2. The number of hydrogen-bond acceptors (Lipinski definition) is 21. The first-order valence-electron chi connectivity index (χ1n) is 22.4. The minimum Gasteiger partial charge on any atom is -0.492 e. The van der Waals surface area contributed by atoms with Crippen LogP contribution in [-0.4, -0.2) is 150 Å².